The van der Waals surface area contributed by atoms with E-state index in [0.29, 0.717) is 23.7 Å². The first kappa shape index (κ1) is 25.5. The molecule has 2 aromatic heterocycles. The SMILES string of the molecule is CCCN(C(=O)C1CCC(C)CC1)c1cc(-c2ccc3c(c2)C(=O)Cn2c-3nc3ccccc32)sc1C(=O)O. The second-order valence-electron chi connectivity index (χ2n) is 10.8. The quantitative estimate of drug-likeness (QED) is 0.287. The van der Waals surface area contributed by atoms with Gasteiger partial charge in [0.15, 0.2) is 5.78 Å². The third-order valence-corrected chi connectivity index (χ3v) is 9.24. The Hall–Kier alpha value is -3.78. The van der Waals surface area contributed by atoms with Gasteiger partial charge in [-0.05, 0) is 73.9 Å². The topological polar surface area (TPSA) is 92.5 Å². The van der Waals surface area contributed by atoms with Crippen molar-refractivity contribution in [2.45, 2.75) is 52.5 Å². The van der Waals surface area contributed by atoms with Gasteiger partial charge in [0.2, 0.25) is 5.91 Å². The number of aromatic nitrogens is 2. The number of amides is 1. The summed E-state index contributed by atoms with van der Waals surface area (Å²) in [4.78, 5) is 46.5. The average Bonchev–Trinajstić information content (AvgIpc) is 3.54. The fourth-order valence-corrected chi connectivity index (χ4v) is 6.97. The van der Waals surface area contributed by atoms with Crippen LogP contribution in [-0.4, -0.2) is 38.9 Å². The Bertz CT molecular complexity index is 1610. The number of carbonyl (C=O) groups is 3. The summed E-state index contributed by atoms with van der Waals surface area (Å²) in [7, 11) is 0. The fraction of sp³-hybridized carbons (Fsp3) is 0.355. The lowest BCUT2D eigenvalue weighted by atomic mass is 9.82. The molecule has 0 atom stereocenters. The third kappa shape index (κ3) is 4.46. The number of hydrogen-bond acceptors (Lipinski definition) is 5. The number of anilines is 1. The maximum Gasteiger partial charge on any atom is 0.348 e. The van der Waals surface area contributed by atoms with E-state index in [2.05, 4.69) is 6.92 Å². The fourth-order valence-electron chi connectivity index (χ4n) is 5.97. The van der Waals surface area contributed by atoms with E-state index in [0.717, 1.165) is 76.3 Å². The lowest BCUT2D eigenvalue weighted by molar-refractivity contribution is -0.123. The largest absolute Gasteiger partial charge is 0.477 e. The Morgan fingerprint density at radius 1 is 1.08 bits per heavy atom. The van der Waals surface area contributed by atoms with E-state index in [9.17, 15) is 19.5 Å². The molecule has 0 unspecified atom stereocenters. The summed E-state index contributed by atoms with van der Waals surface area (Å²) in [5.41, 5.74) is 4.35. The number of fused-ring (bicyclic) bond motifs is 5. The summed E-state index contributed by atoms with van der Waals surface area (Å²) >= 11 is 1.16. The van der Waals surface area contributed by atoms with Crippen LogP contribution in [0.15, 0.2) is 48.5 Å². The second-order valence-corrected chi connectivity index (χ2v) is 11.8. The summed E-state index contributed by atoms with van der Waals surface area (Å²) in [6, 6.07) is 15.3. The van der Waals surface area contributed by atoms with Gasteiger partial charge >= 0.3 is 5.97 Å². The monoisotopic (exact) mass is 541 g/mol. The van der Waals surface area contributed by atoms with Crippen LogP contribution in [0.4, 0.5) is 5.69 Å². The second kappa shape index (κ2) is 10.1. The minimum absolute atomic E-state index is 0.00736. The van der Waals surface area contributed by atoms with Gasteiger partial charge < -0.3 is 14.6 Å². The zero-order valence-electron chi connectivity index (χ0n) is 22.1. The lowest BCUT2D eigenvalue weighted by Gasteiger charge is -2.31. The van der Waals surface area contributed by atoms with Crippen molar-refractivity contribution in [3.05, 3.63) is 59.0 Å². The van der Waals surface area contributed by atoms with Gasteiger partial charge in [0, 0.05) is 28.5 Å². The van der Waals surface area contributed by atoms with Gasteiger partial charge in [0.1, 0.15) is 10.7 Å². The van der Waals surface area contributed by atoms with Gasteiger partial charge in [-0.15, -0.1) is 11.3 Å². The number of thiophene rings is 1. The van der Waals surface area contributed by atoms with Crippen molar-refractivity contribution >= 4 is 45.7 Å². The summed E-state index contributed by atoms with van der Waals surface area (Å²) < 4.78 is 1.95. The van der Waals surface area contributed by atoms with Crippen LogP contribution in [0.5, 0.6) is 0 Å². The average molecular weight is 542 g/mol. The van der Waals surface area contributed by atoms with Crippen LogP contribution in [0, 0.1) is 11.8 Å². The minimum Gasteiger partial charge on any atom is -0.477 e. The summed E-state index contributed by atoms with van der Waals surface area (Å²) in [6.07, 6.45) is 4.46. The number of carboxylic acids is 1. The molecule has 0 bridgehead atoms. The summed E-state index contributed by atoms with van der Waals surface area (Å²) in [6.45, 7) is 4.90. The Labute approximate surface area is 231 Å². The molecular weight excluding hydrogens is 510 g/mol. The molecular formula is C31H31N3O4S. The molecule has 39 heavy (non-hydrogen) atoms. The van der Waals surface area contributed by atoms with Crippen LogP contribution in [0.2, 0.25) is 0 Å². The number of Topliss-reactive ketones (excluding diaryl/α,β-unsaturated/α-hetero) is 1. The molecule has 200 valence electrons. The minimum atomic E-state index is -1.05. The maximum absolute atomic E-state index is 13.6. The van der Waals surface area contributed by atoms with E-state index in [1.165, 1.54) is 0 Å². The molecule has 1 N–H and O–H groups in total. The van der Waals surface area contributed by atoms with Crippen LogP contribution >= 0.6 is 11.3 Å². The zero-order valence-corrected chi connectivity index (χ0v) is 23.0. The molecule has 2 aliphatic rings. The number of ketones is 1. The molecule has 1 saturated carbocycles. The van der Waals surface area contributed by atoms with Gasteiger partial charge in [-0.25, -0.2) is 9.78 Å². The molecule has 1 aliphatic carbocycles. The molecule has 1 amide bonds. The van der Waals surface area contributed by atoms with Crippen molar-refractivity contribution < 1.29 is 19.5 Å². The highest BCUT2D eigenvalue weighted by Gasteiger charge is 2.32. The smallest absolute Gasteiger partial charge is 0.348 e. The molecule has 8 heteroatoms. The van der Waals surface area contributed by atoms with E-state index in [-0.39, 0.29) is 29.0 Å². The van der Waals surface area contributed by atoms with Crippen LogP contribution < -0.4 is 4.90 Å². The molecule has 1 fully saturated rings. The van der Waals surface area contributed by atoms with Gasteiger partial charge in [-0.1, -0.05) is 32.0 Å². The molecule has 3 heterocycles. The molecule has 2 aromatic carbocycles. The summed E-state index contributed by atoms with van der Waals surface area (Å²) in [5, 5.41) is 10.1. The molecule has 1 aliphatic heterocycles. The third-order valence-electron chi connectivity index (χ3n) is 8.08. The number of hydrogen-bond donors (Lipinski definition) is 1. The number of benzene rings is 2. The highest BCUT2D eigenvalue weighted by molar-refractivity contribution is 7.18. The van der Waals surface area contributed by atoms with Crippen molar-refractivity contribution in [2.24, 2.45) is 11.8 Å². The predicted molar refractivity (Wildman–Crippen MR) is 154 cm³/mol. The first-order valence-electron chi connectivity index (χ1n) is 13.7. The predicted octanol–water partition coefficient (Wildman–Crippen LogP) is 6.90. The number of para-hydroxylation sites is 2. The van der Waals surface area contributed by atoms with Crippen LogP contribution in [0.25, 0.3) is 32.9 Å². The van der Waals surface area contributed by atoms with Crippen LogP contribution in [0.3, 0.4) is 0 Å². The lowest BCUT2D eigenvalue weighted by Crippen LogP contribution is -2.38. The number of imidazole rings is 1. The highest BCUT2D eigenvalue weighted by Crippen LogP contribution is 2.41. The molecule has 6 rings (SSSR count). The van der Waals surface area contributed by atoms with Crippen molar-refractivity contribution in [1.29, 1.82) is 0 Å². The van der Waals surface area contributed by atoms with Gasteiger partial charge in [-0.2, -0.15) is 0 Å². The van der Waals surface area contributed by atoms with E-state index < -0.39 is 5.97 Å². The van der Waals surface area contributed by atoms with Crippen molar-refractivity contribution in [2.75, 3.05) is 11.4 Å². The Morgan fingerprint density at radius 3 is 2.59 bits per heavy atom. The zero-order chi connectivity index (χ0) is 27.3. The maximum atomic E-state index is 13.6. The van der Waals surface area contributed by atoms with Crippen LogP contribution in [0.1, 0.15) is 66.0 Å². The highest BCUT2D eigenvalue weighted by atomic mass is 32.1. The molecule has 7 nitrogen and oxygen atoms in total. The molecule has 0 spiro atoms. The first-order valence-corrected chi connectivity index (χ1v) is 14.5. The Morgan fingerprint density at radius 2 is 1.85 bits per heavy atom. The van der Waals surface area contributed by atoms with E-state index in [1.807, 2.05) is 60.0 Å². The Kier molecular flexibility index (Phi) is 6.59. The molecule has 0 radical (unpaired) electrons. The van der Waals surface area contributed by atoms with Gasteiger partial charge in [0.25, 0.3) is 0 Å². The normalized spacial score (nSPS) is 18.6. The van der Waals surface area contributed by atoms with Gasteiger partial charge in [-0.3, -0.25) is 9.59 Å². The van der Waals surface area contributed by atoms with Crippen molar-refractivity contribution in [1.82, 2.24) is 9.55 Å². The van der Waals surface area contributed by atoms with E-state index in [1.54, 1.807) is 4.90 Å². The molecule has 4 aromatic rings. The van der Waals surface area contributed by atoms with Crippen LogP contribution in [-0.2, 0) is 11.3 Å². The van der Waals surface area contributed by atoms with Crippen molar-refractivity contribution in [3.8, 4) is 21.8 Å². The van der Waals surface area contributed by atoms with E-state index in [4.69, 9.17) is 4.98 Å². The number of rotatable bonds is 6. The molecule has 0 saturated heterocycles. The van der Waals surface area contributed by atoms with Crippen molar-refractivity contribution in [3.63, 3.8) is 0 Å². The standard InChI is InChI=1S/C31H31N3O4S/c1-3-14-33(30(36)19-10-8-18(2)9-11-19)25-16-27(39-28(25)31(37)38)20-12-13-21-22(15-20)26(35)17-34-24-7-5-4-6-23(24)32-29(21)34/h4-7,12-13,15-16,18-19H,3,8-11,14,17H2,1-2H3,(H,37,38). The van der Waals surface area contributed by atoms with E-state index >= 15 is 0 Å². The Balaban J connectivity index is 1.39. The van der Waals surface area contributed by atoms with Gasteiger partial charge in [0.05, 0.1) is 23.3 Å². The number of nitrogens with zero attached hydrogens (tertiary/aromatic N) is 3. The number of carbonyl (C=O) groups excluding carboxylic acids is 2. The number of aromatic carboxylic acids is 1. The first-order chi connectivity index (χ1) is 18.9. The summed E-state index contributed by atoms with van der Waals surface area (Å²) in [5.74, 6) is 0.284. The number of carboxylic acid groups (broad SMARTS) is 1.